The fourth-order valence-corrected chi connectivity index (χ4v) is 1.15. The van der Waals surface area contributed by atoms with Gasteiger partial charge in [-0.05, 0) is 18.4 Å². The Morgan fingerprint density at radius 2 is 1.86 bits per heavy atom. The first-order valence-corrected chi connectivity index (χ1v) is 5.00. The summed E-state index contributed by atoms with van der Waals surface area (Å²) in [5, 5.41) is 0. The minimum Gasteiger partial charge on any atom is -0.261 e. The molecule has 0 atom stereocenters. The van der Waals surface area contributed by atoms with Gasteiger partial charge in [0.05, 0.1) is 5.70 Å². The van der Waals surface area contributed by atoms with E-state index in [1.54, 1.807) is 0 Å². The van der Waals surface area contributed by atoms with Gasteiger partial charge in [0.15, 0.2) is 0 Å². The average Bonchev–Trinajstić information content (AvgIpc) is 2.20. The number of benzene rings is 1. The highest BCUT2D eigenvalue weighted by molar-refractivity contribution is 5.74. The molecule has 1 aromatic rings. The summed E-state index contributed by atoms with van der Waals surface area (Å²) in [4.78, 5) is 4.45. The number of hydrogen-bond donors (Lipinski definition) is 0. The monoisotopic (exact) mass is 187 g/mol. The molecule has 0 aromatic heterocycles. The van der Waals surface area contributed by atoms with Crippen LogP contribution in [0.15, 0.2) is 41.4 Å². The second kappa shape index (κ2) is 5.38. The van der Waals surface area contributed by atoms with Crippen molar-refractivity contribution in [1.29, 1.82) is 0 Å². The maximum absolute atomic E-state index is 4.45. The Morgan fingerprint density at radius 3 is 2.36 bits per heavy atom. The Labute approximate surface area is 86.2 Å². The third-order valence-electron chi connectivity index (χ3n) is 1.85. The zero-order valence-electron chi connectivity index (χ0n) is 9.07. The fourth-order valence-electron chi connectivity index (χ4n) is 1.15. The zero-order chi connectivity index (χ0) is 10.4. The lowest BCUT2D eigenvalue weighted by Gasteiger charge is -2.01. The van der Waals surface area contributed by atoms with E-state index in [1.165, 1.54) is 5.56 Å². The minimum atomic E-state index is 0.494. The first kappa shape index (κ1) is 10.7. The van der Waals surface area contributed by atoms with Gasteiger partial charge in [-0.15, -0.1) is 0 Å². The molecule has 0 unspecified atom stereocenters. The van der Waals surface area contributed by atoms with Crippen LogP contribution in [-0.2, 0) is 0 Å². The van der Waals surface area contributed by atoms with Crippen LogP contribution in [0, 0.1) is 5.92 Å². The van der Waals surface area contributed by atoms with Gasteiger partial charge >= 0.3 is 0 Å². The predicted octanol–water partition coefficient (Wildman–Crippen LogP) is 3.77. The van der Waals surface area contributed by atoms with Crippen molar-refractivity contribution in [1.82, 2.24) is 0 Å². The van der Waals surface area contributed by atoms with Crippen LogP contribution < -0.4 is 0 Å². The lowest BCUT2D eigenvalue weighted by atomic mass is 10.1. The Balaban J connectivity index is 2.85. The lowest BCUT2D eigenvalue weighted by Crippen LogP contribution is -1.88. The number of rotatable bonds is 3. The van der Waals surface area contributed by atoms with Crippen molar-refractivity contribution in [3.63, 3.8) is 0 Å². The molecule has 0 aliphatic heterocycles. The number of hydrogen-bond acceptors (Lipinski definition) is 1. The predicted molar refractivity (Wildman–Crippen MR) is 63.4 cm³/mol. The molecule has 0 bridgehead atoms. The van der Waals surface area contributed by atoms with E-state index >= 15 is 0 Å². The molecule has 0 spiro atoms. The first-order valence-electron chi connectivity index (χ1n) is 5.00. The summed E-state index contributed by atoms with van der Waals surface area (Å²) in [6.07, 6.45) is 4.01. The Hall–Kier alpha value is -1.37. The zero-order valence-corrected chi connectivity index (χ0v) is 9.07. The van der Waals surface area contributed by atoms with Gasteiger partial charge in [0.2, 0.25) is 0 Å². The van der Waals surface area contributed by atoms with Gasteiger partial charge in [0.25, 0.3) is 0 Å². The summed E-state index contributed by atoms with van der Waals surface area (Å²) >= 11 is 0. The fraction of sp³-hybridized carbons (Fsp3) is 0.308. The van der Waals surface area contributed by atoms with Crippen LogP contribution >= 0.6 is 0 Å². The number of aliphatic imine (C=N–C) groups is 1. The molecule has 1 aromatic carbocycles. The highest BCUT2D eigenvalue weighted by Gasteiger charge is 1.95. The molecule has 0 aliphatic rings. The summed E-state index contributed by atoms with van der Waals surface area (Å²) in [7, 11) is 0. The van der Waals surface area contributed by atoms with Crippen LogP contribution in [0.25, 0.3) is 5.70 Å². The highest BCUT2D eigenvalue weighted by atomic mass is 14.7. The largest absolute Gasteiger partial charge is 0.261 e. The molecule has 0 aliphatic carbocycles. The molecule has 74 valence electrons. The molecule has 0 saturated carbocycles. The van der Waals surface area contributed by atoms with Crippen molar-refractivity contribution in [3.8, 4) is 0 Å². The number of allylic oxidation sites excluding steroid dienone is 1. The smallest absolute Gasteiger partial charge is 0.0655 e. The molecule has 0 fully saturated rings. The molecular formula is C13H17N. The van der Waals surface area contributed by atoms with E-state index in [0.717, 1.165) is 5.70 Å². The molecule has 0 N–H and O–H groups in total. The SMILES string of the molecule is C/C=C(\N=CC(C)C)c1ccccc1. The normalized spacial score (nSPS) is 12.7. The van der Waals surface area contributed by atoms with Gasteiger partial charge in [-0.1, -0.05) is 50.3 Å². The van der Waals surface area contributed by atoms with Crippen molar-refractivity contribution in [2.24, 2.45) is 10.9 Å². The highest BCUT2D eigenvalue weighted by Crippen LogP contribution is 2.14. The standard InChI is InChI=1S/C13H17N/c1-4-13(14-10-11(2)3)12-8-6-5-7-9-12/h4-11H,1-3H3/b13-4-,14-10?. The molecule has 0 amide bonds. The summed E-state index contributed by atoms with van der Waals surface area (Å²) in [6.45, 7) is 6.27. The van der Waals surface area contributed by atoms with E-state index in [0.29, 0.717) is 5.92 Å². The van der Waals surface area contributed by atoms with Crippen LogP contribution in [0.3, 0.4) is 0 Å². The van der Waals surface area contributed by atoms with Gasteiger partial charge in [0, 0.05) is 6.21 Å². The van der Waals surface area contributed by atoms with E-state index < -0.39 is 0 Å². The van der Waals surface area contributed by atoms with Crippen LogP contribution in [0.4, 0.5) is 0 Å². The van der Waals surface area contributed by atoms with Gasteiger partial charge in [-0.25, -0.2) is 0 Å². The number of nitrogens with zero attached hydrogens (tertiary/aromatic N) is 1. The first-order chi connectivity index (χ1) is 6.74. The molecule has 0 heterocycles. The van der Waals surface area contributed by atoms with E-state index in [1.807, 2.05) is 37.4 Å². The molecule has 1 heteroatoms. The third kappa shape index (κ3) is 3.17. The van der Waals surface area contributed by atoms with E-state index in [-0.39, 0.29) is 0 Å². The molecule has 1 nitrogen and oxygen atoms in total. The summed E-state index contributed by atoms with van der Waals surface area (Å²) < 4.78 is 0. The van der Waals surface area contributed by atoms with Crippen molar-refractivity contribution in [3.05, 3.63) is 42.0 Å². The maximum Gasteiger partial charge on any atom is 0.0655 e. The second-order valence-electron chi connectivity index (χ2n) is 3.56. The van der Waals surface area contributed by atoms with E-state index in [9.17, 15) is 0 Å². The Bertz CT molecular complexity index is 320. The summed E-state index contributed by atoms with van der Waals surface area (Å²) in [6, 6.07) is 10.2. The quantitative estimate of drug-likeness (QED) is 0.639. The van der Waals surface area contributed by atoms with E-state index in [2.05, 4.69) is 31.0 Å². The van der Waals surface area contributed by atoms with Crippen LogP contribution in [-0.4, -0.2) is 6.21 Å². The topological polar surface area (TPSA) is 12.4 Å². The van der Waals surface area contributed by atoms with Crippen molar-refractivity contribution in [2.75, 3.05) is 0 Å². The minimum absolute atomic E-state index is 0.494. The maximum atomic E-state index is 4.45. The van der Waals surface area contributed by atoms with Gasteiger partial charge < -0.3 is 0 Å². The van der Waals surface area contributed by atoms with Crippen molar-refractivity contribution in [2.45, 2.75) is 20.8 Å². The molecule has 1 rings (SSSR count). The van der Waals surface area contributed by atoms with Crippen molar-refractivity contribution >= 4 is 11.9 Å². The molecule has 14 heavy (non-hydrogen) atoms. The third-order valence-corrected chi connectivity index (χ3v) is 1.85. The Morgan fingerprint density at radius 1 is 1.21 bits per heavy atom. The summed E-state index contributed by atoms with van der Waals surface area (Å²) in [5.74, 6) is 0.494. The van der Waals surface area contributed by atoms with Gasteiger partial charge in [-0.3, -0.25) is 4.99 Å². The summed E-state index contributed by atoms with van der Waals surface area (Å²) in [5.41, 5.74) is 2.21. The average molecular weight is 187 g/mol. The van der Waals surface area contributed by atoms with Crippen molar-refractivity contribution < 1.29 is 0 Å². The van der Waals surface area contributed by atoms with E-state index in [4.69, 9.17) is 0 Å². The Kier molecular flexibility index (Phi) is 4.11. The second-order valence-corrected chi connectivity index (χ2v) is 3.56. The van der Waals surface area contributed by atoms with Crippen LogP contribution in [0.1, 0.15) is 26.3 Å². The van der Waals surface area contributed by atoms with Gasteiger partial charge in [0.1, 0.15) is 0 Å². The van der Waals surface area contributed by atoms with Crippen LogP contribution in [0.2, 0.25) is 0 Å². The lowest BCUT2D eigenvalue weighted by molar-refractivity contribution is 0.908. The van der Waals surface area contributed by atoms with Crippen LogP contribution in [0.5, 0.6) is 0 Å². The molecular weight excluding hydrogens is 170 g/mol. The molecule has 0 radical (unpaired) electrons. The molecule has 0 saturated heterocycles. The van der Waals surface area contributed by atoms with Gasteiger partial charge in [-0.2, -0.15) is 0 Å².